The molecule has 2 atom stereocenters. The molecule has 0 bridgehead atoms. The van der Waals surface area contributed by atoms with Crippen molar-refractivity contribution < 1.29 is 18.8 Å². The molecular weight excluding hydrogens is 416 g/mol. The van der Waals surface area contributed by atoms with E-state index < -0.39 is 12.0 Å². The van der Waals surface area contributed by atoms with Gasteiger partial charge in [0, 0.05) is 27.4 Å². The van der Waals surface area contributed by atoms with Gasteiger partial charge in [-0.25, -0.2) is 0 Å². The maximum absolute atomic E-state index is 13.3. The standard InChI is InChI=1S/C24H19ClN2O4/c1-13-22(23(27-31-13)15-8-3-5-9-17(15)25)24(28)26-18-12-20-16(11-21(18)29-2)14-7-4-6-10-19(14)30-20/h3-13,22H,1-2H3,(H,26,28)/t13-,22+/m0/s1. The average molecular weight is 435 g/mol. The van der Waals surface area contributed by atoms with Crippen LogP contribution in [0.15, 0.2) is 70.2 Å². The van der Waals surface area contributed by atoms with Crippen LogP contribution in [0.5, 0.6) is 5.75 Å². The number of halogens is 1. The van der Waals surface area contributed by atoms with Crippen LogP contribution in [-0.2, 0) is 9.63 Å². The van der Waals surface area contributed by atoms with Crippen LogP contribution in [0.1, 0.15) is 12.5 Å². The van der Waals surface area contributed by atoms with E-state index in [0.29, 0.717) is 33.3 Å². The number of amides is 1. The van der Waals surface area contributed by atoms with E-state index in [1.165, 1.54) is 0 Å². The van der Waals surface area contributed by atoms with Gasteiger partial charge in [0.15, 0.2) is 0 Å². The van der Waals surface area contributed by atoms with Gasteiger partial charge in [0.25, 0.3) is 0 Å². The smallest absolute Gasteiger partial charge is 0.237 e. The molecule has 31 heavy (non-hydrogen) atoms. The lowest BCUT2D eigenvalue weighted by Crippen LogP contribution is -2.34. The number of carbonyl (C=O) groups excluding carboxylic acids is 1. The van der Waals surface area contributed by atoms with Crippen LogP contribution in [0.2, 0.25) is 5.02 Å². The Bertz CT molecular complexity index is 1340. The molecule has 0 aliphatic carbocycles. The first-order valence-electron chi connectivity index (χ1n) is 9.85. The Morgan fingerprint density at radius 1 is 1.06 bits per heavy atom. The number of oxime groups is 1. The number of benzene rings is 3. The van der Waals surface area contributed by atoms with Gasteiger partial charge in [0.05, 0.1) is 12.8 Å². The highest BCUT2D eigenvalue weighted by Crippen LogP contribution is 2.37. The van der Waals surface area contributed by atoms with Crippen molar-refractivity contribution in [2.24, 2.45) is 11.1 Å². The van der Waals surface area contributed by atoms with Gasteiger partial charge in [-0.2, -0.15) is 0 Å². The SMILES string of the molecule is COc1cc2c(cc1NC(=O)[C@H]1C(c3ccccc3Cl)=NO[C@H]1C)oc1ccccc12. The molecule has 1 amide bonds. The molecule has 1 N–H and O–H groups in total. The summed E-state index contributed by atoms with van der Waals surface area (Å²) in [6.45, 7) is 1.80. The predicted molar refractivity (Wildman–Crippen MR) is 121 cm³/mol. The van der Waals surface area contributed by atoms with Crippen molar-refractivity contribution in [2.75, 3.05) is 12.4 Å². The average Bonchev–Trinajstić information content (AvgIpc) is 3.33. The number of nitrogens with zero attached hydrogens (tertiary/aromatic N) is 1. The summed E-state index contributed by atoms with van der Waals surface area (Å²) >= 11 is 6.33. The quantitative estimate of drug-likeness (QED) is 0.452. The molecule has 3 aromatic carbocycles. The fourth-order valence-electron chi connectivity index (χ4n) is 3.93. The number of rotatable bonds is 4. The van der Waals surface area contributed by atoms with E-state index >= 15 is 0 Å². The summed E-state index contributed by atoms with van der Waals surface area (Å²) in [6.07, 6.45) is -0.438. The largest absolute Gasteiger partial charge is 0.495 e. The van der Waals surface area contributed by atoms with Gasteiger partial charge in [-0.05, 0) is 25.1 Å². The van der Waals surface area contributed by atoms with Crippen molar-refractivity contribution in [3.8, 4) is 5.75 Å². The lowest BCUT2D eigenvalue weighted by atomic mass is 9.92. The van der Waals surface area contributed by atoms with Crippen LogP contribution in [0, 0.1) is 5.92 Å². The Hall–Kier alpha value is -3.51. The summed E-state index contributed by atoms with van der Waals surface area (Å²) < 4.78 is 11.5. The van der Waals surface area contributed by atoms with Gasteiger partial charge in [0.1, 0.15) is 34.6 Å². The van der Waals surface area contributed by atoms with Crippen molar-refractivity contribution in [2.45, 2.75) is 13.0 Å². The lowest BCUT2D eigenvalue weighted by molar-refractivity contribution is -0.120. The molecule has 0 spiro atoms. The van der Waals surface area contributed by atoms with Crippen molar-refractivity contribution in [3.05, 3.63) is 71.2 Å². The van der Waals surface area contributed by atoms with Crippen LogP contribution in [0.3, 0.4) is 0 Å². The zero-order valence-corrected chi connectivity index (χ0v) is 17.6. The number of hydrogen-bond acceptors (Lipinski definition) is 5. The summed E-state index contributed by atoms with van der Waals surface area (Å²) in [5, 5.41) is 9.51. The molecule has 0 saturated heterocycles. The first kappa shape index (κ1) is 19.5. The predicted octanol–water partition coefficient (Wildman–Crippen LogP) is 5.63. The first-order valence-corrected chi connectivity index (χ1v) is 10.2. The fraction of sp³-hybridized carbons (Fsp3) is 0.167. The van der Waals surface area contributed by atoms with Crippen LogP contribution >= 0.6 is 11.6 Å². The monoisotopic (exact) mass is 434 g/mol. The van der Waals surface area contributed by atoms with Gasteiger partial charge in [0.2, 0.25) is 5.91 Å². The number of nitrogens with one attached hydrogen (secondary N) is 1. The van der Waals surface area contributed by atoms with E-state index in [-0.39, 0.29) is 5.91 Å². The summed E-state index contributed by atoms with van der Waals surface area (Å²) in [5.74, 6) is -0.358. The number of anilines is 1. The van der Waals surface area contributed by atoms with E-state index in [1.54, 1.807) is 26.2 Å². The Labute approximate surface area is 183 Å². The van der Waals surface area contributed by atoms with Crippen molar-refractivity contribution in [1.82, 2.24) is 0 Å². The third-order valence-corrected chi connectivity index (χ3v) is 5.80. The van der Waals surface area contributed by atoms with E-state index in [1.807, 2.05) is 48.5 Å². The molecular formula is C24H19ClN2O4. The Morgan fingerprint density at radius 2 is 1.84 bits per heavy atom. The van der Waals surface area contributed by atoms with Gasteiger partial charge < -0.3 is 19.3 Å². The van der Waals surface area contributed by atoms with Crippen LogP contribution < -0.4 is 10.1 Å². The number of fused-ring (bicyclic) bond motifs is 3. The number of para-hydroxylation sites is 1. The topological polar surface area (TPSA) is 73.1 Å². The summed E-state index contributed by atoms with van der Waals surface area (Å²) in [5.41, 5.74) is 3.12. The Balaban J connectivity index is 1.51. The molecule has 2 heterocycles. The highest BCUT2D eigenvalue weighted by atomic mass is 35.5. The van der Waals surface area contributed by atoms with Crippen molar-refractivity contribution in [3.63, 3.8) is 0 Å². The molecule has 1 aliphatic heterocycles. The molecule has 0 radical (unpaired) electrons. The maximum atomic E-state index is 13.3. The second-order valence-corrected chi connectivity index (χ2v) is 7.79. The van der Waals surface area contributed by atoms with Crippen LogP contribution in [-0.4, -0.2) is 24.8 Å². The molecule has 7 heteroatoms. The van der Waals surface area contributed by atoms with E-state index in [2.05, 4.69) is 10.5 Å². The molecule has 5 rings (SSSR count). The number of ether oxygens (including phenoxy) is 1. The number of methoxy groups -OCH3 is 1. The normalized spacial score (nSPS) is 18.1. The van der Waals surface area contributed by atoms with E-state index in [9.17, 15) is 4.79 Å². The molecule has 0 unspecified atom stereocenters. The third kappa shape index (κ3) is 3.29. The molecule has 0 fully saturated rings. The highest BCUT2D eigenvalue weighted by Gasteiger charge is 2.39. The number of furan rings is 1. The van der Waals surface area contributed by atoms with Gasteiger partial charge >= 0.3 is 0 Å². The maximum Gasteiger partial charge on any atom is 0.237 e. The van der Waals surface area contributed by atoms with E-state index in [0.717, 1.165) is 16.4 Å². The molecule has 0 saturated carbocycles. The molecule has 1 aliphatic rings. The van der Waals surface area contributed by atoms with Crippen LogP contribution in [0.25, 0.3) is 21.9 Å². The molecule has 156 valence electrons. The summed E-state index contributed by atoms with van der Waals surface area (Å²) in [4.78, 5) is 18.7. The number of hydrogen-bond donors (Lipinski definition) is 1. The second kappa shape index (κ2) is 7.63. The Morgan fingerprint density at radius 3 is 2.65 bits per heavy atom. The molecule has 4 aromatic rings. The molecule has 6 nitrogen and oxygen atoms in total. The zero-order chi connectivity index (χ0) is 21.5. The zero-order valence-electron chi connectivity index (χ0n) is 16.9. The number of carbonyl (C=O) groups is 1. The van der Waals surface area contributed by atoms with E-state index in [4.69, 9.17) is 25.6 Å². The lowest BCUT2D eigenvalue weighted by Gasteiger charge is -2.17. The minimum absolute atomic E-state index is 0.266. The van der Waals surface area contributed by atoms with Gasteiger partial charge in [-0.15, -0.1) is 0 Å². The fourth-order valence-corrected chi connectivity index (χ4v) is 4.16. The summed E-state index contributed by atoms with van der Waals surface area (Å²) in [7, 11) is 1.57. The van der Waals surface area contributed by atoms with Crippen molar-refractivity contribution in [1.29, 1.82) is 0 Å². The Kier molecular flexibility index (Phi) is 4.79. The van der Waals surface area contributed by atoms with Gasteiger partial charge in [-0.1, -0.05) is 53.2 Å². The summed E-state index contributed by atoms with van der Waals surface area (Å²) in [6, 6.07) is 18.7. The third-order valence-electron chi connectivity index (χ3n) is 5.47. The minimum atomic E-state index is -0.629. The molecule has 1 aromatic heterocycles. The van der Waals surface area contributed by atoms with Gasteiger partial charge in [-0.3, -0.25) is 4.79 Å². The highest BCUT2D eigenvalue weighted by molar-refractivity contribution is 6.35. The first-order chi connectivity index (χ1) is 15.1. The second-order valence-electron chi connectivity index (χ2n) is 7.38. The minimum Gasteiger partial charge on any atom is -0.495 e. The van der Waals surface area contributed by atoms with Crippen LogP contribution in [0.4, 0.5) is 5.69 Å². The van der Waals surface area contributed by atoms with Crippen molar-refractivity contribution >= 4 is 50.8 Å².